The van der Waals surface area contributed by atoms with E-state index in [2.05, 4.69) is 55.5 Å². The van der Waals surface area contributed by atoms with Gasteiger partial charge in [0.25, 0.3) is 0 Å². The van der Waals surface area contributed by atoms with Crippen molar-refractivity contribution in [2.24, 2.45) is 11.8 Å². The molecule has 2 amide bonds. The first-order valence-corrected chi connectivity index (χ1v) is 13.7. The lowest BCUT2D eigenvalue weighted by atomic mass is 9.82. The molecule has 0 spiro atoms. The number of hydrogen-bond donors (Lipinski definition) is 2. The zero-order chi connectivity index (χ0) is 24.5. The molecule has 3 aliphatic rings. The molecule has 3 atom stereocenters. The van der Waals surface area contributed by atoms with E-state index in [0.29, 0.717) is 19.6 Å². The van der Waals surface area contributed by atoms with Gasteiger partial charge in [0.1, 0.15) is 6.04 Å². The van der Waals surface area contributed by atoms with Gasteiger partial charge in [-0.15, -0.1) is 0 Å². The molecule has 3 unspecified atom stereocenters. The van der Waals surface area contributed by atoms with Crippen LogP contribution in [0.1, 0.15) is 91.4 Å². The van der Waals surface area contributed by atoms with Crippen molar-refractivity contribution in [2.45, 2.75) is 110 Å². The molecule has 2 N–H and O–H groups in total. The van der Waals surface area contributed by atoms with Gasteiger partial charge in [-0.25, -0.2) is 0 Å². The van der Waals surface area contributed by atoms with Crippen molar-refractivity contribution >= 4 is 11.8 Å². The van der Waals surface area contributed by atoms with Crippen molar-refractivity contribution in [3.8, 4) is 0 Å². The van der Waals surface area contributed by atoms with Gasteiger partial charge >= 0.3 is 0 Å². The fourth-order valence-electron chi connectivity index (χ4n) is 5.52. The molecule has 0 aromatic rings. The molecule has 6 heteroatoms. The van der Waals surface area contributed by atoms with Crippen LogP contribution in [0.15, 0.2) is 23.4 Å². The number of ether oxygens (including phenoxy) is 1. The molecule has 192 valence electrons. The predicted molar refractivity (Wildman–Crippen MR) is 137 cm³/mol. The Balaban J connectivity index is 1.44. The Labute approximate surface area is 206 Å². The Morgan fingerprint density at radius 2 is 2.06 bits per heavy atom. The number of unbranched alkanes of at least 4 members (excludes halogenated alkanes) is 1. The third kappa shape index (κ3) is 7.59. The van der Waals surface area contributed by atoms with Crippen LogP contribution in [-0.2, 0) is 14.3 Å². The SMILES string of the molecule is CCC1CC2=C(CCC(OCCNC(=O)CCCCC3CCC3)C=C2)N(C)C(C(C)C)C(=O)N1. The van der Waals surface area contributed by atoms with Gasteiger partial charge in [-0.1, -0.05) is 65.0 Å². The van der Waals surface area contributed by atoms with Gasteiger partial charge in [-0.2, -0.15) is 0 Å². The Morgan fingerprint density at radius 1 is 1.26 bits per heavy atom. The van der Waals surface area contributed by atoms with Crippen molar-refractivity contribution in [3.63, 3.8) is 0 Å². The topological polar surface area (TPSA) is 70.7 Å². The maximum Gasteiger partial charge on any atom is 0.243 e. The Bertz CT molecular complexity index is 741. The lowest BCUT2D eigenvalue weighted by molar-refractivity contribution is -0.128. The molecule has 0 aromatic carbocycles. The summed E-state index contributed by atoms with van der Waals surface area (Å²) in [5.74, 6) is 1.44. The molecule has 3 rings (SSSR count). The van der Waals surface area contributed by atoms with Crippen LogP contribution in [0.2, 0.25) is 0 Å². The summed E-state index contributed by atoms with van der Waals surface area (Å²) in [7, 11) is 2.06. The summed E-state index contributed by atoms with van der Waals surface area (Å²) in [5, 5.41) is 6.27. The van der Waals surface area contributed by atoms with E-state index in [9.17, 15) is 9.59 Å². The molecule has 1 fully saturated rings. The van der Waals surface area contributed by atoms with Crippen LogP contribution in [0.25, 0.3) is 0 Å². The Morgan fingerprint density at radius 3 is 2.74 bits per heavy atom. The van der Waals surface area contributed by atoms with E-state index in [1.54, 1.807) is 0 Å². The van der Waals surface area contributed by atoms with Crippen LogP contribution in [-0.4, -0.2) is 55.1 Å². The molecule has 0 aromatic heterocycles. The van der Waals surface area contributed by atoms with E-state index in [-0.39, 0.29) is 35.9 Å². The molecule has 0 radical (unpaired) electrons. The molecule has 2 aliphatic carbocycles. The fraction of sp³-hybridized carbons (Fsp3) is 0.786. The second-order valence-electron chi connectivity index (χ2n) is 10.8. The smallest absolute Gasteiger partial charge is 0.243 e. The molecule has 1 saturated carbocycles. The normalized spacial score (nSPS) is 25.9. The van der Waals surface area contributed by atoms with Gasteiger partial charge in [0.05, 0.1) is 12.7 Å². The van der Waals surface area contributed by atoms with Crippen LogP contribution < -0.4 is 10.6 Å². The van der Waals surface area contributed by atoms with Crippen molar-refractivity contribution < 1.29 is 14.3 Å². The highest BCUT2D eigenvalue weighted by Gasteiger charge is 2.33. The minimum Gasteiger partial charge on any atom is -0.372 e. The summed E-state index contributed by atoms with van der Waals surface area (Å²) in [5.41, 5.74) is 2.57. The number of nitrogens with zero attached hydrogens (tertiary/aromatic N) is 1. The molecular weight excluding hydrogens is 426 g/mol. The number of likely N-dealkylation sites (N-methyl/N-ethyl adjacent to an activating group) is 1. The summed E-state index contributed by atoms with van der Waals surface area (Å²) in [6.45, 7) is 7.45. The highest BCUT2D eigenvalue weighted by Crippen LogP contribution is 2.32. The van der Waals surface area contributed by atoms with Crippen molar-refractivity contribution in [2.75, 3.05) is 20.2 Å². The highest BCUT2D eigenvalue weighted by atomic mass is 16.5. The number of carbonyl (C=O) groups is 2. The third-order valence-corrected chi connectivity index (χ3v) is 7.84. The monoisotopic (exact) mass is 473 g/mol. The summed E-state index contributed by atoms with van der Waals surface area (Å²) in [6.07, 6.45) is 16.2. The van der Waals surface area contributed by atoms with Gasteiger partial charge in [0, 0.05) is 31.8 Å². The molecule has 1 heterocycles. The predicted octanol–water partition coefficient (Wildman–Crippen LogP) is 4.71. The summed E-state index contributed by atoms with van der Waals surface area (Å²) >= 11 is 0. The third-order valence-electron chi connectivity index (χ3n) is 7.84. The fourth-order valence-corrected chi connectivity index (χ4v) is 5.52. The first-order valence-electron chi connectivity index (χ1n) is 13.7. The molecule has 6 nitrogen and oxygen atoms in total. The number of hydrogen-bond acceptors (Lipinski definition) is 4. The van der Waals surface area contributed by atoms with Crippen molar-refractivity contribution in [1.29, 1.82) is 0 Å². The van der Waals surface area contributed by atoms with E-state index in [1.165, 1.54) is 43.4 Å². The van der Waals surface area contributed by atoms with Gasteiger partial charge in [0.15, 0.2) is 0 Å². The van der Waals surface area contributed by atoms with E-state index < -0.39 is 0 Å². The number of nitrogens with one attached hydrogen (secondary N) is 2. The largest absolute Gasteiger partial charge is 0.372 e. The minimum atomic E-state index is -0.158. The summed E-state index contributed by atoms with van der Waals surface area (Å²) in [6, 6.07) is 0.00708. The van der Waals surface area contributed by atoms with Crippen LogP contribution in [0.4, 0.5) is 0 Å². The van der Waals surface area contributed by atoms with Crippen LogP contribution >= 0.6 is 0 Å². The van der Waals surface area contributed by atoms with E-state index in [1.807, 2.05) is 0 Å². The maximum atomic E-state index is 12.9. The number of allylic oxidation sites excluding steroid dienone is 2. The molecule has 34 heavy (non-hydrogen) atoms. The van der Waals surface area contributed by atoms with E-state index in [0.717, 1.165) is 38.0 Å². The standard InChI is InChI=1S/C28H47N3O3/c1-5-23-19-22-13-14-24(15-16-25(22)31(4)27(20(2)3)28(33)30-23)34-18-17-29-26(32)12-7-6-9-21-10-8-11-21/h13-14,20-21,23-24,27H,5-12,15-19H2,1-4H3,(H,29,32)(H,30,33). The Kier molecular flexibility index (Phi) is 10.5. The van der Waals surface area contributed by atoms with Crippen LogP contribution in [0.5, 0.6) is 0 Å². The molecule has 0 saturated heterocycles. The summed E-state index contributed by atoms with van der Waals surface area (Å²) in [4.78, 5) is 27.2. The highest BCUT2D eigenvalue weighted by molar-refractivity contribution is 5.83. The van der Waals surface area contributed by atoms with Crippen LogP contribution in [0, 0.1) is 11.8 Å². The zero-order valence-electron chi connectivity index (χ0n) is 21.9. The van der Waals surface area contributed by atoms with Gasteiger partial charge in [-0.3, -0.25) is 9.59 Å². The minimum absolute atomic E-state index is 0.0299. The second-order valence-corrected chi connectivity index (χ2v) is 10.8. The van der Waals surface area contributed by atoms with E-state index >= 15 is 0 Å². The number of amides is 2. The second kappa shape index (κ2) is 13.3. The lowest BCUT2D eigenvalue weighted by Crippen LogP contribution is -2.52. The average molecular weight is 474 g/mol. The number of carbonyl (C=O) groups excluding carboxylic acids is 2. The lowest BCUT2D eigenvalue weighted by Gasteiger charge is -2.38. The van der Waals surface area contributed by atoms with Gasteiger partial charge in [-0.05, 0) is 49.5 Å². The zero-order valence-corrected chi connectivity index (χ0v) is 21.9. The number of rotatable bonds is 11. The van der Waals surface area contributed by atoms with Crippen LogP contribution in [0.3, 0.4) is 0 Å². The summed E-state index contributed by atoms with van der Waals surface area (Å²) < 4.78 is 6.12. The van der Waals surface area contributed by atoms with E-state index in [4.69, 9.17) is 4.74 Å². The first-order chi connectivity index (χ1) is 16.4. The van der Waals surface area contributed by atoms with Crippen molar-refractivity contribution in [1.82, 2.24) is 15.5 Å². The molecular formula is C28H47N3O3. The molecule has 1 aliphatic heterocycles. The first kappa shape index (κ1) is 26.8. The van der Waals surface area contributed by atoms with Crippen molar-refractivity contribution in [3.05, 3.63) is 23.4 Å². The Hall–Kier alpha value is -1.82. The van der Waals surface area contributed by atoms with Gasteiger partial charge < -0.3 is 20.3 Å². The van der Waals surface area contributed by atoms with Gasteiger partial charge in [0.2, 0.25) is 11.8 Å². The average Bonchev–Trinajstić information content (AvgIpc) is 2.95. The quantitative estimate of drug-likeness (QED) is 0.427. The maximum absolute atomic E-state index is 12.9. The molecule has 0 bridgehead atoms.